The molecule has 0 spiro atoms. The summed E-state index contributed by atoms with van der Waals surface area (Å²) in [5, 5.41) is 0. The van der Waals surface area contributed by atoms with Crippen LogP contribution in [0.15, 0.2) is 24.3 Å². The van der Waals surface area contributed by atoms with Crippen molar-refractivity contribution in [3.05, 3.63) is 29.8 Å². The molecule has 1 aliphatic rings. The summed E-state index contributed by atoms with van der Waals surface area (Å²) in [5.74, 6) is 0.776. The first-order valence-corrected chi connectivity index (χ1v) is 7.03. The van der Waals surface area contributed by atoms with Crippen LogP contribution < -0.4 is 10.6 Å². The largest absolute Gasteiger partial charge is 0.366 e. The van der Waals surface area contributed by atoms with E-state index in [1.165, 1.54) is 0 Å². The quantitative estimate of drug-likeness (QED) is 0.847. The summed E-state index contributed by atoms with van der Waals surface area (Å²) in [5.41, 5.74) is 7.75. The molecular formula is C16H24N2O. The predicted octanol–water partition coefficient (Wildman–Crippen LogP) is 2.84. The van der Waals surface area contributed by atoms with Crippen molar-refractivity contribution in [3.8, 4) is 0 Å². The van der Waals surface area contributed by atoms with Crippen LogP contribution in [0.1, 0.15) is 44.0 Å². The second-order valence-electron chi connectivity index (χ2n) is 6.18. The van der Waals surface area contributed by atoms with E-state index < -0.39 is 0 Å². The molecule has 2 rings (SSSR count). The predicted molar refractivity (Wildman–Crippen MR) is 79.6 cm³/mol. The monoisotopic (exact) mass is 260 g/mol. The van der Waals surface area contributed by atoms with Crippen molar-refractivity contribution in [2.45, 2.75) is 39.2 Å². The average Bonchev–Trinajstić information content (AvgIpc) is 2.65. The Morgan fingerprint density at radius 1 is 1.47 bits per heavy atom. The van der Waals surface area contributed by atoms with E-state index in [1.54, 1.807) is 6.92 Å². The van der Waals surface area contributed by atoms with Crippen molar-refractivity contribution in [3.63, 3.8) is 0 Å². The van der Waals surface area contributed by atoms with Gasteiger partial charge in [0.05, 0.1) is 0 Å². The van der Waals surface area contributed by atoms with E-state index in [-0.39, 0.29) is 11.3 Å². The van der Waals surface area contributed by atoms with Gasteiger partial charge in [0.15, 0.2) is 5.78 Å². The molecule has 0 saturated carbocycles. The van der Waals surface area contributed by atoms with Gasteiger partial charge in [0, 0.05) is 23.3 Å². The fourth-order valence-electron chi connectivity index (χ4n) is 3.16. The van der Waals surface area contributed by atoms with Gasteiger partial charge >= 0.3 is 0 Å². The van der Waals surface area contributed by atoms with Crippen LogP contribution in [0.25, 0.3) is 0 Å². The maximum Gasteiger partial charge on any atom is 0.159 e. The average molecular weight is 260 g/mol. The zero-order valence-corrected chi connectivity index (χ0v) is 12.1. The zero-order chi connectivity index (χ0) is 14.0. The fourth-order valence-corrected chi connectivity index (χ4v) is 3.16. The van der Waals surface area contributed by atoms with E-state index in [0.29, 0.717) is 5.92 Å². The third-order valence-corrected chi connectivity index (χ3v) is 4.10. The molecule has 0 bridgehead atoms. The van der Waals surface area contributed by atoms with E-state index in [4.69, 9.17) is 5.73 Å². The number of hydrogen-bond acceptors (Lipinski definition) is 3. The molecule has 1 atom stereocenters. The second-order valence-corrected chi connectivity index (χ2v) is 6.18. The summed E-state index contributed by atoms with van der Waals surface area (Å²) in [7, 11) is 0. The highest BCUT2D eigenvalue weighted by Crippen LogP contribution is 2.38. The first-order valence-electron chi connectivity index (χ1n) is 7.03. The van der Waals surface area contributed by atoms with Gasteiger partial charge in [-0.1, -0.05) is 12.1 Å². The molecule has 104 valence electrons. The molecule has 1 aromatic rings. The number of hydrogen-bond donors (Lipinski definition) is 1. The standard InChI is InChI=1S/C16H24N2O/c1-12(19)14-5-4-6-15(9-14)18-11-13(7-8-17)10-16(18,2)3/h4-6,9,13H,7-8,10-11,17H2,1-3H3. The number of ketones is 1. The van der Waals surface area contributed by atoms with Gasteiger partial charge in [-0.25, -0.2) is 0 Å². The molecule has 3 heteroatoms. The van der Waals surface area contributed by atoms with Crippen molar-refractivity contribution in [2.24, 2.45) is 11.7 Å². The smallest absolute Gasteiger partial charge is 0.159 e. The summed E-state index contributed by atoms with van der Waals surface area (Å²) in [6, 6.07) is 7.96. The lowest BCUT2D eigenvalue weighted by Crippen LogP contribution is -2.38. The molecule has 1 unspecified atom stereocenters. The van der Waals surface area contributed by atoms with Gasteiger partial charge in [0.1, 0.15) is 0 Å². The van der Waals surface area contributed by atoms with E-state index in [1.807, 2.05) is 18.2 Å². The van der Waals surface area contributed by atoms with E-state index in [9.17, 15) is 4.79 Å². The highest BCUT2D eigenvalue weighted by atomic mass is 16.1. The summed E-state index contributed by atoms with van der Waals surface area (Å²) in [4.78, 5) is 13.9. The Hall–Kier alpha value is -1.35. The number of rotatable bonds is 4. The Morgan fingerprint density at radius 2 is 2.21 bits per heavy atom. The fraction of sp³-hybridized carbons (Fsp3) is 0.562. The SMILES string of the molecule is CC(=O)c1cccc(N2CC(CCN)CC2(C)C)c1. The number of carbonyl (C=O) groups is 1. The molecule has 0 amide bonds. The molecule has 2 N–H and O–H groups in total. The van der Waals surface area contributed by atoms with Gasteiger partial charge in [-0.3, -0.25) is 4.79 Å². The van der Waals surface area contributed by atoms with Crippen LogP contribution >= 0.6 is 0 Å². The molecule has 1 heterocycles. The number of benzene rings is 1. The van der Waals surface area contributed by atoms with E-state index >= 15 is 0 Å². The van der Waals surface area contributed by atoms with Crippen molar-refractivity contribution in [1.29, 1.82) is 0 Å². The molecule has 1 saturated heterocycles. The zero-order valence-electron chi connectivity index (χ0n) is 12.1. The Kier molecular flexibility index (Phi) is 3.95. The molecular weight excluding hydrogens is 236 g/mol. The van der Waals surface area contributed by atoms with Crippen molar-refractivity contribution in [1.82, 2.24) is 0 Å². The number of nitrogens with two attached hydrogens (primary N) is 1. The molecule has 0 radical (unpaired) electrons. The van der Waals surface area contributed by atoms with Crippen LogP contribution in [-0.2, 0) is 0 Å². The Morgan fingerprint density at radius 3 is 2.84 bits per heavy atom. The Bertz CT molecular complexity index is 468. The Labute approximate surface area is 115 Å². The molecule has 19 heavy (non-hydrogen) atoms. The van der Waals surface area contributed by atoms with Crippen LogP contribution in [0.4, 0.5) is 5.69 Å². The molecule has 3 nitrogen and oxygen atoms in total. The minimum Gasteiger partial charge on any atom is -0.366 e. The summed E-state index contributed by atoms with van der Waals surface area (Å²) in [6.07, 6.45) is 2.24. The van der Waals surface area contributed by atoms with Crippen LogP contribution in [-0.4, -0.2) is 24.4 Å². The molecule has 0 aliphatic carbocycles. The lowest BCUT2D eigenvalue weighted by molar-refractivity contribution is 0.101. The van der Waals surface area contributed by atoms with E-state index in [0.717, 1.165) is 37.2 Å². The maximum absolute atomic E-state index is 11.5. The molecule has 1 fully saturated rings. The van der Waals surface area contributed by atoms with Gasteiger partial charge in [0.25, 0.3) is 0 Å². The molecule has 1 aliphatic heterocycles. The molecule has 1 aromatic carbocycles. The number of anilines is 1. The third-order valence-electron chi connectivity index (χ3n) is 4.10. The lowest BCUT2D eigenvalue weighted by atomic mass is 9.94. The van der Waals surface area contributed by atoms with Crippen molar-refractivity contribution < 1.29 is 4.79 Å². The minimum absolute atomic E-state index is 0.123. The highest BCUT2D eigenvalue weighted by molar-refractivity contribution is 5.95. The lowest BCUT2D eigenvalue weighted by Gasteiger charge is -2.33. The van der Waals surface area contributed by atoms with Gasteiger partial charge in [-0.05, 0) is 58.2 Å². The highest BCUT2D eigenvalue weighted by Gasteiger charge is 2.37. The van der Waals surface area contributed by atoms with Gasteiger partial charge in [-0.15, -0.1) is 0 Å². The second kappa shape index (κ2) is 5.33. The van der Waals surface area contributed by atoms with Crippen LogP contribution in [0.2, 0.25) is 0 Å². The third kappa shape index (κ3) is 2.98. The first kappa shape index (κ1) is 14.1. The molecule has 0 aromatic heterocycles. The minimum atomic E-state index is 0.123. The maximum atomic E-state index is 11.5. The van der Waals surface area contributed by atoms with Gasteiger partial charge in [-0.2, -0.15) is 0 Å². The normalized spacial score (nSPS) is 21.7. The summed E-state index contributed by atoms with van der Waals surface area (Å²) < 4.78 is 0. The van der Waals surface area contributed by atoms with Gasteiger partial charge in [0.2, 0.25) is 0 Å². The summed E-state index contributed by atoms with van der Waals surface area (Å²) in [6.45, 7) is 7.94. The van der Waals surface area contributed by atoms with Crippen molar-refractivity contribution in [2.75, 3.05) is 18.0 Å². The topological polar surface area (TPSA) is 46.3 Å². The van der Waals surface area contributed by atoms with Crippen LogP contribution in [0, 0.1) is 5.92 Å². The number of carbonyl (C=O) groups excluding carboxylic acids is 1. The number of nitrogens with zero attached hydrogens (tertiary/aromatic N) is 1. The van der Waals surface area contributed by atoms with Gasteiger partial charge < -0.3 is 10.6 Å². The van der Waals surface area contributed by atoms with Crippen molar-refractivity contribution >= 4 is 11.5 Å². The number of Topliss-reactive ketones (excluding diaryl/α,β-unsaturated/α-hetero) is 1. The van der Waals surface area contributed by atoms with E-state index in [2.05, 4.69) is 24.8 Å². The Balaban J connectivity index is 2.25. The summed E-state index contributed by atoms with van der Waals surface area (Å²) >= 11 is 0. The first-order chi connectivity index (χ1) is 8.94. The van der Waals surface area contributed by atoms with Crippen LogP contribution in [0.5, 0.6) is 0 Å². The van der Waals surface area contributed by atoms with Crippen LogP contribution in [0.3, 0.4) is 0 Å².